The molecule has 0 heterocycles. The number of para-hydroxylation sites is 1. The molecular weight excluding hydrogens is 254 g/mol. The maximum atomic E-state index is 11.2. The largest absolute Gasteiger partial charge is 0.298 e. The van der Waals surface area contributed by atoms with E-state index in [1.54, 1.807) is 0 Å². The maximum absolute atomic E-state index is 11.2. The zero-order valence-corrected chi connectivity index (χ0v) is 9.97. The van der Waals surface area contributed by atoms with Crippen LogP contribution in [0.2, 0.25) is 0 Å². The van der Waals surface area contributed by atoms with Crippen molar-refractivity contribution in [2.45, 2.75) is 4.90 Å². The zero-order valence-electron chi connectivity index (χ0n) is 8.34. The van der Waals surface area contributed by atoms with Crippen LogP contribution in [0.15, 0.2) is 29.2 Å². The molecular formula is C7H11N3O4S2. The second-order valence-corrected chi connectivity index (χ2v) is 6.00. The second-order valence-electron chi connectivity index (χ2n) is 2.85. The molecule has 0 aliphatic heterocycles. The first kappa shape index (κ1) is 12.9. The van der Waals surface area contributed by atoms with Gasteiger partial charge in [-0.05, 0) is 12.1 Å². The Bertz CT molecular complexity index is 579. The smallest absolute Gasteiger partial charge is 0.270 e. The van der Waals surface area contributed by atoms with Crippen LogP contribution in [0.4, 0.5) is 5.69 Å². The van der Waals surface area contributed by atoms with Gasteiger partial charge in [0.1, 0.15) is 4.90 Å². The van der Waals surface area contributed by atoms with E-state index in [4.69, 9.17) is 5.14 Å². The van der Waals surface area contributed by atoms with Crippen molar-refractivity contribution in [1.29, 1.82) is 0 Å². The van der Waals surface area contributed by atoms with E-state index in [1.165, 1.54) is 31.3 Å². The Morgan fingerprint density at radius 2 is 1.69 bits per heavy atom. The Kier molecular flexibility index (Phi) is 3.53. The summed E-state index contributed by atoms with van der Waals surface area (Å²) in [6.07, 6.45) is 0. The predicted molar refractivity (Wildman–Crippen MR) is 59.4 cm³/mol. The molecule has 90 valence electrons. The van der Waals surface area contributed by atoms with E-state index >= 15 is 0 Å². The fourth-order valence-corrected chi connectivity index (χ4v) is 2.32. The summed E-state index contributed by atoms with van der Waals surface area (Å²) in [4.78, 5) is -0.283. The van der Waals surface area contributed by atoms with Crippen LogP contribution < -0.4 is 14.6 Å². The number of sulfonamides is 1. The van der Waals surface area contributed by atoms with Crippen LogP contribution in [0.1, 0.15) is 0 Å². The van der Waals surface area contributed by atoms with Crippen molar-refractivity contribution in [2.24, 2.45) is 5.14 Å². The molecule has 0 aliphatic carbocycles. The van der Waals surface area contributed by atoms with Crippen molar-refractivity contribution in [1.82, 2.24) is 4.72 Å². The Labute approximate surface area is 93.9 Å². The Morgan fingerprint density at radius 1 is 1.12 bits per heavy atom. The number of anilines is 1. The summed E-state index contributed by atoms with van der Waals surface area (Å²) in [7, 11) is -6.55. The van der Waals surface area contributed by atoms with Crippen molar-refractivity contribution in [2.75, 3.05) is 11.8 Å². The van der Waals surface area contributed by atoms with Gasteiger partial charge in [-0.2, -0.15) is 8.42 Å². The highest BCUT2D eigenvalue weighted by atomic mass is 32.2. The van der Waals surface area contributed by atoms with Gasteiger partial charge in [0.2, 0.25) is 10.0 Å². The molecule has 0 saturated carbocycles. The van der Waals surface area contributed by atoms with E-state index < -0.39 is 20.2 Å². The number of benzene rings is 1. The number of rotatable bonds is 4. The number of primary sulfonamides is 1. The monoisotopic (exact) mass is 265 g/mol. The van der Waals surface area contributed by atoms with Crippen molar-refractivity contribution in [3.05, 3.63) is 24.3 Å². The molecule has 1 rings (SSSR count). The number of nitrogens with two attached hydrogens (primary N) is 1. The fourth-order valence-electron chi connectivity index (χ4n) is 0.995. The van der Waals surface area contributed by atoms with Crippen LogP contribution in [0.25, 0.3) is 0 Å². The Morgan fingerprint density at radius 3 is 2.19 bits per heavy atom. The molecule has 16 heavy (non-hydrogen) atoms. The van der Waals surface area contributed by atoms with Gasteiger partial charge in [-0.25, -0.2) is 18.3 Å². The molecule has 1 aromatic carbocycles. The first-order chi connectivity index (χ1) is 7.26. The third-order valence-corrected chi connectivity index (χ3v) is 3.70. The first-order valence-corrected chi connectivity index (χ1v) is 7.12. The van der Waals surface area contributed by atoms with Gasteiger partial charge in [-0.3, -0.25) is 4.72 Å². The molecule has 0 amide bonds. The molecule has 0 saturated heterocycles. The van der Waals surface area contributed by atoms with E-state index in [0.717, 1.165) is 0 Å². The van der Waals surface area contributed by atoms with Crippen LogP contribution in [0.5, 0.6) is 0 Å². The number of nitrogens with one attached hydrogen (secondary N) is 2. The van der Waals surface area contributed by atoms with Gasteiger partial charge in [-0.15, -0.1) is 0 Å². The summed E-state index contributed by atoms with van der Waals surface area (Å²) in [5.41, 5.74) is -0.0978. The lowest BCUT2D eigenvalue weighted by Crippen LogP contribution is -2.27. The lowest BCUT2D eigenvalue weighted by atomic mass is 10.3. The van der Waals surface area contributed by atoms with Crippen molar-refractivity contribution < 1.29 is 16.8 Å². The average molecular weight is 265 g/mol. The van der Waals surface area contributed by atoms with Gasteiger partial charge >= 0.3 is 0 Å². The molecule has 0 fully saturated rings. The van der Waals surface area contributed by atoms with Crippen LogP contribution in [-0.2, 0) is 20.2 Å². The molecule has 0 radical (unpaired) electrons. The topological polar surface area (TPSA) is 118 Å². The summed E-state index contributed by atoms with van der Waals surface area (Å²) < 4.78 is 48.7. The minimum atomic E-state index is -3.97. The van der Waals surface area contributed by atoms with Gasteiger partial charge in [-0.1, -0.05) is 12.1 Å². The molecule has 7 nitrogen and oxygen atoms in total. The quantitative estimate of drug-likeness (QED) is 0.661. The summed E-state index contributed by atoms with van der Waals surface area (Å²) >= 11 is 0. The van der Waals surface area contributed by atoms with Gasteiger partial charge in [0.25, 0.3) is 10.2 Å². The molecule has 0 unspecified atom stereocenters. The number of hydrogen-bond acceptors (Lipinski definition) is 4. The molecule has 4 N–H and O–H groups in total. The standard InChI is InChI=1S/C7H11N3O4S2/c1-9-16(13,14)10-6-4-2-3-5-7(6)15(8,11)12/h2-5,9-10H,1H3,(H2,8,11,12). The molecule has 0 bridgehead atoms. The highest BCUT2D eigenvalue weighted by Crippen LogP contribution is 2.19. The van der Waals surface area contributed by atoms with Crippen molar-refractivity contribution in [3.8, 4) is 0 Å². The van der Waals surface area contributed by atoms with Gasteiger partial charge in [0.15, 0.2) is 0 Å². The van der Waals surface area contributed by atoms with Crippen molar-refractivity contribution in [3.63, 3.8) is 0 Å². The highest BCUT2D eigenvalue weighted by Gasteiger charge is 2.16. The van der Waals surface area contributed by atoms with Gasteiger partial charge < -0.3 is 0 Å². The van der Waals surface area contributed by atoms with E-state index in [2.05, 4.69) is 0 Å². The van der Waals surface area contributed by atoms with Crippen LogP contribution >= 0.6 is 0 Å². The summed E-state index contributed by atoms with van der Waals surface area (Å²) in [6, 6.07) is 5.44. The van der Waals surface area contributed by atoms with Crippen LogP contribution in [0.3, 0.4) is 0 Å². The molecule has 0 aromatic heterocycles. The first-order valence-electron chi connectivity index (χ1n) is 4.09. The van der Waals surface area contributed by atoms with Crippen LogP contribution in [0, 0.1) is 0 Å². The Balaban J connectivity index is 3.26. The molecule has 0 spiro atoms. The summed E-state index contributed by atoms with van der Waals surface area (Å²) in [5, 5.41) is 4.93. The minimum Gasteiger partial charge on any atom is -0.270 e. The van der Waals surface area contributed by atoms with E-state index in [1.807, 2.05) is 9.44 Å². The maximum Gasteiger partial charge on any atom is 0.298 e. The van der Waals surface area contributed by atoms with Crippen LogP contribution in [-0.4, -0.2) is 23.9 Å². The Hall–Kier alpha value is -1.16. The molecule has 9 heteroatoms. The van der Waals surface area contributed by atoms with Gasteiger partial charge in [0, 0.05) is 7.05 Å². The van der Waals surface area contributed by atoms with E-state index in [-0.39, 0.29) is 10.6 Å². The molecule has 0 aliphatic rings. The second kappa shape index (κ2) is 4.37. The predicted octanol–water partition coefficient (Wildman–Crippen LogP) is -0.790. The highest BCUT2D eigenvalue weighted by molar-refractivity contribution is 7.91. The van der Waals surface area contributed by atoms with E-state index in [9.17, 15) is 16.8 Å². The van der Waals surface area contributed by atoms with E-state index in [0.29, 0.717) is 0 Å². The van der Waals surface area contributed by atoms with Gasteiger partial charge in [0.05, 0.1) is 5.69 Å². The summed E-state index contributed by atoms with van der Waals surface area (Å²) in [5.74, 6) is 0. The lowest BCUT2D eigenvalue weighted by Gasteiger charge is -2.09. The van der Waals surface area contributed by atoms with Crippen molar-refractivity contribution >= 4 is 25.9 Å². The third kappa shape index (κ3) is 3.17. The zero-order chi connectivity index (χ0) is 12.4. The SMILES string of the molecule is CNS(=O)(=O)Nc1ccccc1S(N)(=O)=O. The molecule has 0 atom stereocenters. The number of hydrogen-bond donors (Lipinski definition) is 3. The fraction of sp³-hybridized carbons (Fsp3) is 0.143. The average Bonchev–Trinajstić information content (AvgIpc) is 2.16. The normalized spacial score (nSPS) is 12.4. The minimum absolute atomic E-state index is 0.0978. The summed E-state index contributed by atoms with van der Waals surface area (Å²) in [6.45, 7) is 0. The lowest BCUT2D eigenvalue weighted by molar-refractivity contribution is 0.593. The third-order valence-electron chi connectivity index (χ3n) is 1.71. The molecule has 1 aromatic rings.